The molecule has 0 aliphatic carbocycles. The summed E-state index contributed by atoms with van der Waals surface area (Å²) in [5, 5.41) is 4.69. The molecule has 8 aromatic rings. The van der Waals surface area contributed by atoms with E-state index in [9.17, 15) is 0 Å². The van der Waals surface area contributed by atoms with Gasteiger partial charge in [0.25, 0.3) is 0 Å². The first-order valence-electron chi connectivity index (χ1n) is 14.1. The second-order valence-electron chi connectivity index (χ2n) is 10.6. The quantitative estimate of drug-likeness (QED) is 0.221. The highest BCUT2D eigenvalue weighted by Crippen LogP contribution is 2.37. The van der Waals surface area contributed by atoms with Crippen LogP contribution in [-0.2, 0) is 0 Å². The second kappa shape index (κ2) is 9.88. The molecule has 0 amide bonds. The van der Waals surface area contributed by atoms with Gasteiger partial charge >= 0.3 is 0 Å². The zero-order valence-electron chi connectivity index (χ0n) is 22.8. The molecule has 6 aromatic carbocycles. The standard InChI is InChI=1S/C38H27N3O/c39-38(40-24-25-9-2-1-3-10-25)28-11-8-12-29(21-28)41-34-15-6-4-13-30(34)32-22-26(17-19-35(32)41)27-18-20-37-33(23-27)31-14-5-7-16-36(31)42-37/h1-24,38H,39H2/b40-24+. The molecule has 2 N–H and O–H groups in total. The number of hydrogen-bond acceptors (Lipinski definition) is 3. The molecule has 0 bridgehead atoms. The summed E-state index contributed by atoms with van der Waals surface area (Å²) < 4.78 is 8.38. The summed E-state index contributed by atoms with van der Waals surface area (Å²) in [5.41, 5.74) is 16.0. The van der Waals surface area contributed by atoms with Crippen molar-refractivity contribution in [3.63, 3.8) is 0 Å². The van der Waals surface area contributed by atoms with Crippen LogP contribution in [0, 0.1) is 0 Å². The second-order valence-corrected chi connectivity index (χ2v) is 10.6. The first kappa shape index (κ1) is 24.4. The number of para-hydroxylation sites is 2. The molecule has 0 saturated heterocycles. The number of nitrogens with zero attached hydrogens (tertiary/aromatic N) is 2. The number of benzene rings is 6. The molecule has 4 heteroatoms. The van der Waals surface area contributed by atoms with Crippen molar-refractivity contribution < 1.29 is 4.42 Å². The Morgan fingerprint density at radius 1 is 0.571 bits per heavy atom. The predicted octanol–water partition coefficient (Wildman–Crippen LogP) is 9.43. The molecule has 42 heavy (non-hydrogen) atoms. The number of aliphatic imine (C=N–C) groups is 1. The normalized spacial score (nSPS) is 12.7. The highest BCUT2D eigenvalue weighted by molar-refractivity contribution is 6.11. The van der Waals surface area contributed by atoms with Crippen LogP contribution in [0.3, 0.4) is 0 Å². The van der Waals surface area contributed by atoms with Crippen LogP contribution >= 0.6 is 0 Å². The first-order valence-corrected chi connectivity index (χ1v) is 14.1. The minimum absolute atomic E-state index is 0.459. The molecule has 200 valence electrons. The maximum absolute atomic E-state index is 6.53. The Bertz CT molecular complexity index is 2270. The van der Waals surface area contributed by atoms with Crippen LogP contribution < -0.4 is 5.73 Å². The number of nitrogens with two attached hydrogens (primary N) is 1. The third-order valence-corrected chi connectivity index (χ3v) is 8.04. The van der Waals surface area contributed by atoms with Crippen molar-refractivity contribution in [3.8, 4) is 16.8 Å². The van der Waals surface area contributed by atoms with Crippen molar-refractivity contribution in [2.75, 3.05) is 0 Å². The van der Waals surface area contributed by atoms with Crippen LogP contribution in [-0.4, -0.2) is 10.8 Å². The molecule has 2 aromatic heterocycles. The maximum Gasteiger partial charge on any atom is 0.135 e. The van der Waals surface area contributed by atoms with Crippen molar-refractivity contribution in [1.29, 1.82) is 0 Å². The number of fused-ring (bicyclic) bond motifs is 6. The zero-order chi connectivity index (χ0) is 28.0. The Morgan fingerprint density at radius 2 is 1.26 bits per heavy atom. The van der Waals surface area contributed by atoms with Gasteiger partial charge in [-0.05, 0) is 70.8 Å². The Balaban J connectivity index is 1.23. The molecule has 2 heterocycles. The van der Waals surface area contributed by atoms with Crippen molar-refractivity contribution in [2.45, 2.75) is 6.17 Å². The van der Waals surface area contributed by atoms with Gasteiger partial charge in [0.1, 0.15) is 17.3 Å². The lowest BCUT2D eigenvalue weighted by Crippen LogP contribution is -2.08. The molecule has 0 saturated carbocycles. The predicted molar refractivity (Wildman–Crippen MR) is 174 cm³/mol. The molecule has 0 radical (unpaired) electrons. The first-order chi connectivity index (χ1) is 20.7. The summed E-state index contributed by atoms with van der Waals surface area (Å²) in [6.07, 6.45) is 1.38. The van der Waals surface area contributed by atoms with Gasteiger partial charge in [-0.2, -0.15) is 0 Å². The monoisotopic (exact) mass is 541 g/mol. The Kier molecular flexibility index (Phi) is 5.73. The van der Waals surface area contributed by atoms with Crippen LogP contribution in [0.4, 0.5) is 0 Å². The lowest BCUT2D eigenvalue weighted by molar-refractivity contribution is 0.669. The topological polar surface area (TPSA) is 56.4 Å². The van der Waals surface area contributed by atoms with Gasteiger partial charge in [-0.3, -0.25) is 4.99 Å². The minimum Gasteiger partial charge on any atom is -0.456 e. The van der Waals surface area contributed by atoms with E-state index in [1.54, 1.807) is 0 Å². The van der Waals surface area contributed by atoms with Crippen molar-refractivity contribution in [3.05, 3.63) is 151 Å². The van der Waals surface area contributed by atoms with Gasteiger partial charge in [0, 0.05) is 33.4 Å². The smallest absolute Gasteiger partial charge is 0.135 e. The third-order valence-electron chi connectivity index (χ3n) is 8.04. The van der Waals surface area contributed by atoms with Gasteiger partial charge < -0.3 is 14.7 Å². The molecular weight excluding hydrogens is 514 g/mol. The van der Waals surface area contributed by atoms with E-state index in [0.717, 1.165) is 55.3 Å². The highest BCUT2D eigenvalue weighted by Gasteiger charge is 2.15. The molecule has 4 nitrogen and oxygen atoms in total. The summed E-state index contributed by atoms with van der Waals surface area (Å²) in [6.45, 7) is 0. The van der Waals surface area contributed by atoms with Crippen LogP contribution in [0.5, 0.6) is 0 Å². The van der Waals surface area contributed by atoms with Gasteiger partial charge in [0.05, 0.1) is 11.0 Å². The molecule has 1 atom stereocenters. The fraction of sp³-hybridized carbons (Fsp3) is 0.0263. The lowest BCUT2D eigenvalue weighted by atomic mass is 10.0. The van der Waals surface area contributed by atoms with Gasteiger partial charge in [0.2, 0.25) is 0 Å². The Labute approximate surface area is 243 Å². The molecule has 1 unspecified atom stereocenters. The van der Waals surface area contributed by atoms with Crippen LogP contribution in [0.25, 0.3) is 60.6 Å². The summed E-state index contributed by atoms with van der Waals surface area (Å²) in [6, 6.07) is 48.4. The van der Waals surface area contributed by atoms with Crippen LogP contribution in [0.15, 0.2) is 149 Å². The lowest BCUT2D eigenvalue weighted by Gasteiger charge is -2.12. The molecule has 8 rings (SSSR count). The number of rotatable bonds is 5. The van der Waals surface area contributed by atoms with E-state index in [4.69, 9.17) is 10.2 Å². The molecule has 0 aliphatic heterocycles. The number of aromatic nitrogens is 1. The van der Waals surface area contributed by atoms with Crippen molar-refractivity contribution in [2.24, 2.45) is 10.7 Å². The average molecular weight is 542 g/mol. The van der Waals surface area contributed by atoms with Gasteiger partial charge in [-0.15, -0.1) is 0 Å². The van der Waals surface area contributed by atoms with E-state index in [-0.39, 0.29) is 0 Å². The van der Waals surface area contributed by atoms with E-state index in [1.807, 2.05) is 54.7 Å². The summed E-state index contributed by atoms with van der Waals surface area (Å²) in [7, 11) is 0. The van der Waals surface area contributed by atoms with Crippen LogP contribution in [0.1, 0.15) is 17.3 Å². The van der Waals surface area contributed by atoms with Crippen molar-refractivity contribution >= 4 is 50.0 Å². The van der Waals surface area contributed by atoms with E-state index in [0.29, 0.717) is 0 Å². The summed E-state index contributed by atoms with van der Waals surface area (Å²) >= 11 is 0. The third kappa shape index (κ3) is 4.09. The van der Waals surface area contributed by atoms with Gasteiger partial charge in [0.15, 0.2) is 0 Å². The summed E-state index contributed by atoms with van der Waals surface area (Å²) in [4.78, 5) is 4.63. The minimum atomic E-state index is -0.459. The SMILES string of the molecule is NC(/N=C/c1ccccc1)c1cccc(-n2c3ccccc3c3cc(-c4ccc5oc6ccccc6c5c4)ccc32)c1. The van der Waals surface area contributed by atoms with Gasteiger partial charge in [-0.1, -0.05) is 91.0 Å². The van der Waals surface area contributed by atoms with Gasteiger partial charge in [-0.25, -0.2) is 0 Å². The molecular formula is C38H27N3O. The average Bonchev–Trinajstić information content (AvgIpc) is 3.59. The van der Waals surface area contributed by atoms with E-state index in [2.05, 4.69) is 101 Å². The van der Waals surface area contributed by atoms with Crippen molar-refractivity contribution in [1.82, 2.24) is 4.57 Å². The van der Waals surface area contributed by atoms with E-state index < -0.39 is 6.17 Å². The molecule has 0 aliphatic rings. The van der Waals surface area contributed by atoms with E-state index >= 15 is 0 Å². The fourth-order valence-corrected chi connectivity index (χ4v) is 5.98. The molecule has 0 fully saturated rings. The number of furan rings is 1. The summed E-state index contributed by atoms with van der Waals surface area (Å²) in [5.74, 6) is 0. The van der Waals surface area contributed by atoms with E-state index in [1.165, 1.54) is 16.3 Å². The zero-order valence-corrected chi connectivity index (χ0v) is 22.8. The Morgan fingerprint density at radius 3 is 2.14 bits per heavy atom. The highest BCUT2D eigenvalue weighted by atomic mass is 16.3. The fourth-order valence-electron chi connectivity index (χ4n) is 5.98. The number of hydrogen-bond donors (Lipinski definition) is 1. The molecule has 0 spiro atoms. The maximum atomic E-state index is 6.53. The largest absolute Gasteiger partial charge is 0.456 e. The van der Waals surface area contributed by atoms with Crippen LogP contribution in [0.2, 0.25) is 0 Å². The Hall–Kier alpha value is -5.45.